The van der Waals surface area contributed by atoms with E-state index < -0.39 is 11.2 Å². The minimum atomic E-state index is -0.481. The van der Waals surface area contributed by atoms with Crippen LogP contribution < -0.4 is 5.43 Å². The number of nitrogens with one attached hydrogen (secondary N) is 1. The molecule has 0 aliphatic rings. The topological polar surface area (TPSA) is 54.5 Å². The Morgan fingerprint density at radius 2 is 1.81 bits per heavy atom. The van der Waals surface area contributed by atoms with Crippen LogP contribution in [0, 0.1) is 19.3 Å². The molecule has 0 saturated carbocycles. The number of hydrogen-bond acceptors (Lipinski definition) is 2. The second kappa shape index (κ2) is 5.97. The third kappa shape index (κ3) is 2.30. The lowest BCUT2D eigenvalue weighted by Gasteiger charge is -2.09. The molecule has 2 aromatic heterocycles. The molecule has 2 heterocycles. The molecule has 0 aliphatic heterocycles. The number of hydrogen-bond donors (Lipinski definition) is 1. The number of rotatable bonds is 2. The average molecular weight is 344 g/mol. The Bertz CT molecular complexity index is 1230. The fourth-order valence-electron chi connectivity index (χ4n) is 3.10. The van der Waals surface area contributed by atoms with Crippen LogP contribution in [0.4, 0.5) is 10.2 Å². The first kappa shape index (κ1) is 15.8. The number of aromatic amines is 1. The van der Waals surface area contributed by atoms with E-state index in [4.69, 9.17) is 6.57 Å². The molecule has 126 valence electrons. The molecular formula is C20H13FN4O. The fourth-order valence-corrected chi connectivity index (χ4v) is 3.10. The van der Waals surface area contributed by atoms with Gasteiger partial charge in [0.1, 0.15) is 11.5 Å². The molecule has 1 N–H and O–H groups in total. The van der Waals surface area contributed by atoms with Gasteiger partial charge in [0.05, 0.1) is 5.56 Å². The average Bonchev–Trinajstić information content (AvgIpc) is 3.02. The lowest BCUT2D eigenvalue weighted by atomic mass is 10.0. The predicted molar refractivity (Wildman–Crippen MR) is 97.6 cm³/mol. The van der Waals surface area contributed by atoms with Gasteiger partial charge in [-0.25, -0.2) is 8.91 Å². The summed E-state index contributed by atoms with van der Waals surface area (Å²) in [6.07, 6.45) is 0. The van der Waals surface area contributed by atoms with Crippen LogP contribution in [0.3, 0.4) is 0 Å². The first-order valence-corrected chi connectivity index (χ1v) is 7.95. The van der Waals surface area contributed by atoms with E-state index in [-0.39, 0.29) is 22.6 Å². The molecule has 0 amide bonds. The molecule has 26 heavy (non-hydrogen) atoms. The highest BCUT2D eigenvalue weighted by atomic mass is 19.1. The van der Waals surface area contributed by atoms with Crippen molar-refractivity contribution in [1.82, 2.24) is 14.6 Å². The van der Waals surface area contributed by atoms with Gasteiger partial charge in [0, 0.05) is 11.3 Å². The highest BCUT2D eigenvalue weighted by Crippen LogP contribution is 2.31. The summed E-state index contributed by atoms with van der Waals surface area (Å²) < 4.78 is 15.7. The van der Waals surface area contributed by atoms with E-state index in [1.165, 1.54) is 10.6 Å². The molecule has 0 spiro atoms. The molecule has 4 aromatic rings. The molecule has 0 radical (unpaired) electrons. The van der Waals surface area contributed by atoms with Crippen LogP contribution in [-0.2, 0) is 0 Å². The molecule has 0 fully saturated rings. The number of nitrogens with zero attached hydrogens (tertiary/aromatic N) is 3. The van der Waals surface area contributed by atoms with Crippen molar-refractivity contribution in [3.05, 3.63) is 87.7 Å². The van der Waals surface area contributed by atoms with Crippen LogP contribution in [0.5, 0.6) is 0 Å². The van der Waals surface area contributed by atoms with E-state index >= 15 is 0 Å². The summed E-state index contributed by atoms with van der Waals surface area (Å²) >= 11 is 0. The zero-order valence-electron chi connectivity index (χ0n) is 13.8. The van der Waals surface area contributed by atoms with Gasteiger partial charge in [-0.1, -0.05) is 60.1 Å². The Kier molecular flexibility index (Phi) is 3.63. The number of aryl methyl sites for hydroxylation is 1. The van der Waals surface area contributed by atoms with Crippen molar-refractivity contribution in [1.29, 1.82) is 0 Å². The highest BCUT2D eigenvalue weighted by molar-refractivity contribution is 5.79. The number of H-pyrrole nitrogens is 1. The molecule has 4 rings (SSSR count). The summed E-state index contributed by atoms with van der Waals surface area (Å²) in [6, 6.07) is 15.4. The summed E-state index contributed by atoms with van der Waals surface area (Å²) in [4.78, 5) is 20.7. The summed E-state index contributed by atoms with van der Waals surface area (Å²) in [5, 5.41) is 3.09. The first-order chi connectivity index (χ1) is 12.6. The Labute approximate surface area is 148 Å². The number of fused-ring (bicyclic) bond motifs is 1. The van der Waals surface area contributed by atoms with E-state index in [9.17, 15) is 9.18 Å². The van der Waals surface area contributed by atoms with Crippen LogP contribution in [0.15, 0.2) is 59.4 Å². The summed E-state index contributed by atoms with van der Waals surface area (Å²) in [5.41, 5.74) is 1.85. The van der Waals surface area contributed by atoms with Crippen molar-refractivity contribution in [2.75, 3.05) is 0 Å². The number of imidazole rings is 1. The monoisotopic (exact) mass is 344 g/mol. The van der Waals surface area contributed by atoms with Crippen LogP contribution >= 0.6 is 0 Å². The SMILES string of the molecule is [C-]#[N+]c1nc2c(=O)c(-c3ccccc3F)c(C)[nH]n2c1-c1ccccc1. The maximum atomic E-state index is 14.2. The molecule has 0 aliphatic carbocycles. The number of halogens is 1. The van der Waals surface area contributed by atoms with Gasteiger partial charge >= 0.3 is 0 Å². The van der Waals surface area contributed by atoms with Gasteiger partial charge in [-0.05, 0) is 18.6 Å². The van der Waals surface area contributed by atoms with E-state index in [0.717, 1.165) is 5.56 Å². The molecule has 0 atom stereocenters. The quantitative estimate of drug-likeness (QED) is 0.550. The van der Waals surface area contributed by atoms with Crippen molar-refractivity contribution in [3.8, 4) is 22.4 Å². The van der Waals surface area contributed by atoms with E-state index in [2.05, 4.69) is 14.9 Å². The van der Waals surface area contributed by atoms with Crippen molar-refractivity contribution >= 4 is 11.5 Å². The van der Waals surface area contributed by atoms with E-state index in [0.29, 0.717) is 11.4 Å². The first-order valence-electron chi connectivity index (χ1n) is 7.95. The van der Waals surface area contributed by atoms with Crippen LogP contribution in [0.25, 0.3) is 32.9 Å². The zero-order valence-corrected chi connectivity index (χ0v) is 13.8. The molecule has 5 nitrogen and oxygen atoms in total. The Morgan fingerprint density at radius 1 is 1.12 bits per heavy atom. The third-order valence-electron chi connectivity index (χ3n) is 4.24. The van der Waals surface area contributed by atoms with Crippen LogP contribution in [0.1, 0.15) is 5.69 Å². The van der Waals surface area contributed by atoms with Gasteiger partial charge < -0.3 is 4.85 Å². The normalized spacial score (nSPS) is 10.8. The molecule has 2 aromatic carbocycles. The van der Waals surface area contributed by atoms with Gasteiger partial charge in [0.15, 0.2) is 0 Å². The maximum Gasteiger partial charge on any atom is 0.298 e. The molecular weight excluding hydrogens is 331 g/mol. The molecule has 0 saturated heterocycles. The van der Waals surface area contributed by atoms with Crippen molar-refractivity contribution < 1.29 is 4.39 Å². The summed E-state index contributed by atoms with van der Waals surface area (Å²) in [5.74, 6) is -0.361. The smallest absolute Gasteiger partial charge is 0.298 e. The Hall–Kier alpha value is -3.72. The van der Waals surface area contributed by atoms with Gasteiger partial charge in [-0.2, -0.15) is 0 Å². The fraction of sp³-hybridized carbons (Fsp3) is 0.0500. The van der Waals surface area contributed by atoms with E-state index in [1.54, 1.807) is 25.1 Å². The number of benzene rings is 2. The maximum absolute atomic E-state index is 14.2. The van der Waals surface area contributed by atoms with Gasteiger partial charge in [-0.3, -0.25) is 9.89 Å². The third-order valence-corrected chi connectivity index (χ3v) is 4.24. The second-order valence-corrected chi connectivity index (χ2v) is 5.84. The minimum absolute atomic E-state index is 0.0682. The summed E-state index contributed by atoms with van der Waals surface area (Å²) in [6.45, 7) is 9.12. The lowest BCUT2D eigenvalue weighted by Crippen LogP contribution is -2.15. The van der Waals surface area contributed by atoms with Gasteiger partial charge in [-0.15, -0.1) is 0 Å². The van der Waals surface area contributed by atoms with Crippen molar-refractivity contribution in [3.63, 3.8) is 0 Å². The zero-order chi connectivity index (χ0) is 18.3. The predicted octanol–water partition coefficient (Wildman–Crippen LogP) is 4.35. The van der Waals surface area contributed by atoms with E-state index in [1.807, 2.05) is 30.3 Å². The van der Waals surface area contributed by atoms with Gasteiger partial charge in [0.25, 0.3) is 16.9 Å². The second-order valence-electron chi connectivity index (χ2n) is 5.84. The standard InChI is InChI=1S/C20H13FN4O/c1-12-16(14-10-6-7-11-15(14)21)18(26)20-23-19(22-2)17(25(20)24-12)13-8-4-3-5-9-13/h3-11,24H,1H3. The Balaban J connectivity index is 2.10. The molecule has 6 heteroatoms. The lowest BCUT2D eigenvalue weighted by molar-refractivity contribution is 0.631. The largest absolute Gasteiger partial charge is 0.359 e. The van der Waals surface area contributed by atoms with Crippen LogP contribution in [-0.4, -0.2) is 14.6 Å². The minimum Gasteiger partial charge on any atom is -0.359 e. The summed E-state index contributed by atoms with van der Waals surface area (Å²) in [7, 11) is 0. The van der Waals surface area contributed by atoms with Crippen molar-refractivity contribution in [2.45, 2.75) is 6.92 Å². The highest BCUT2D eigenvalue weighted by Gasteiger charge is 2.23. The molecule has 0 bridgehead atoms. The van der Waals surface area contributed by atoms with Crippen LogP contribution in [0.2, 0.25) is 0 Å². The Morgan fingerprint density at radius 3 is 2.50 bits per heavy atom. The number of aromatic nitrogens is 3. The van der Waals surface area contributed by atoms with Gasteiger partial charge in [0.2, 0.25) is 0 Å². The van der Waals surface area contributed by atoms with Crippen molar-refractivity contribution in [2.24, 2.45) is 0 Å². The molecule has 0 unspecified atom stereocenters.